The third-order valence-corrected chi connectivity index (χ3v) is 3.16. The van der Waals surface area contributed by atoms with Crippen molar-refractivity contribution in [3.63, 3.8) is 0 Å². The fourth-order valence-electron chi connectivity index (χ4n) is 1.44. The second-order valence-corrected chi connectivity index (χ2v) is 5.41. The number of guanidine groups is 1. The van der Waals surface area contributed by atoms with Crippen molar-refractivity contribution < 1.29 is 9.45 Å². The molecule has 9 heteroatoms. The van der Waals surface area contributed by atoms with E-state index in [0.717, 1.165) is 29.6 Å². The lowest BCUT2D eigenvalue weighted by molar-refractivity contribution is -0.485. The van der Waals surface area contributed by atoms with Gasteiger partial charge in [0.25, 0.3) is 5.96 Å². The highest BCUT2D eigenvalue weighted by Crippen LogP contribution is 2.15. The van der Waals surface area contributed by atoms with Gasteiger partial charge >= 0.3 is 0 Å². The fraction of sp³-hybridized carbons (Fsp3) is 0.545. The van der Waals surface area contributed by atoms with Crippen molar-refractivity contribution >= 4 is 17.7 Å². The normalized spacial score (nSPS) is 11.8. The first-order valence-electron chi connectivity index (χ1n) is 6.00. The monoisotopic (exact) mass is 301 g/mol. The number of thioether (sulfide) groups is 1. The molecule has 1 aromatic rings. The molecule has 0 radical (unpaired) electrons. The number of hydrogen-bond donors (Lipinski definition) is 2. The van der Waals surface area contributed by atoms with Crippen molar-refractivity contribution in [1.29, 1.82) is 0 Å². The molecule has 0 atom stereocenters. The predicted molar refractivity (Wildman–Crippen MR) is 78.9 cm³/mol. The van der Waals surface area contributed by atoms with Gasteiger partial charge < -0.3 is 20.4 Å². The quantitative estimate of drug-likeness (QED) is 0.239. The van der Waals surface area contributed by atoms with Gasteiger partial charge in [-0.2, -0.15) is 11.8 Å². The zero-order chi connectivity index (χ0) is 15.0. The van der Waals surface area contributed by atoms with E-state index in [-0.39, 0.29) is 5.96 Å². The number of nitrogens with zero attached hydrogens (tertiary/aromatic N) is 3. The van der Waals surface area contributed by atoms with Crippen LogP contribution >= 0.6 is 11.8 Å². The number of hydrazone groups is 1. The van der Waals surface area contributed by atoms with E-state index in [1.807, 2.05) is 31.1 Å². The molecule has 0 saturated carbocycles. The third kappa shape index (κ3) is 7.00. The number of furan rings is 1. The Labute approximate surface area is 121 Å². The van der Waals surface area contributed by atoms with E-state index in [0.29, 0.717) is 6.54 Å². The molecule has 8 nitrogen and oxygen atoms in total. The summed E-state index contributed by atoms with van der Waals surface area (Å²) in [5.41, 5.74) is 5.28. The van der Waals surface area contributed by atoms with Crippen LogP contribution < -0.4 is 11.1 Å². The van der Waals surface area contributed by atoms with Gasteiger partial charge in [0, 0.05) is 12.3 Å². The maximum absolute atomic E-state index is 10.0. The summed E-state index contributed by atoms with van der Waals surface area (Å²) in [6, 6.07) is 3.93. The second kappa shape index (κ2) is 8.43. The zero-order valence-electron chi connectivity index (χ0n) is 11.5. The highest BCUT2D eigenvalue weighted by molar-refractivity contribution is 7.98. The summed E-state index contributed by atoms with van der Waals surface area (Å²) in [6.07, 6.45) is 0. The van der Waals surface area contributed by atoms with Crippen molar-refractivity contribution in [3.05, 3.63) is 33.8 Å². The van der Waals surface area contributed by atoms with Gasteiger partial charge in [0.1, 0.15) is 16.6 Å². The summed E-state index contributed by atoms with van der Waals surface area (Å²) >= 11 is 1.65. The number of rotatable bonds is 8. The average Bonchev–Trinajstić information content (AvgIpc) is 2.74. The number of nitrogens with one attached hydrogen (secondary N) is 1. The molecule has 20 heavy (non-hydrogen) atoms. The molecule has 0 amide bonds. The minimum Gasteiger partial charge on any atom is -0.464 e. The molecule has 0 aliphatic heterocycles. The van der Waals surface area contributed by atoms with Crippen molar-refractivity contribution in [3.8, 4) is 0 Å². The first-order chi connectivity index (χ1) is 9.47. The summed E-state index contributed by atoms with van der Waals surface area (Å²) in [6.45, 7) is 1.29. The zero-order valence-corrected chi connectivity index (χ0v) is 12.4. The Balaban J connectivity index is 2.18. The Morgan fingerprint density at radius 3 is 2.90 bits per heavy atom. The second-order valence-electron chi connectivity index (χ2n) is 4.31. The van der Waals surface area contributed by atoms with Gasteiger partial charge in [-0.25, -0.2) is 10.1 Å². The average molecular weight is 301 g/mol. The molecule has 0 spiro atoms. The number of nitrogens with two attached hydrogens (primary N) is 1. The molecule has 0 bridgehead atoms. The van der Waals surface area contributed by atoms with Gasteiger partial charge in [-0.05, 0) is 26.2 Å². The number of nitro groups is 1. The van der Waals surface area contributed by atoms with E-state index in [1.165, 1.54) is 0 Å². The van der Waals surface area contributed by atoms with Gasteiger partial charge in [0.15, 0.2) is 5.03 Å². The van der Waals surface area contributed by atoms with Crippen LogP contribution in [0.4, 0.5) is 0 Å². The maximum atomic E-state index is 10.0. The van der Waals surface area contributed by atoms with Crippen LogP contribution in [0.1, 0.15) is 11.5 Å². The lowest BCUT2D eigenvalue weighted by Crippen LogP contribution is -2.34. The van der Waals surface area contributed by atoms with Crippen LogP contribution in [0.3, 0.4) is 0 Å². The van der Waals surface area contributed by atoms with Crippen LogP contribution in [0.2, 0.25) is 0 Å². The minimum atomic E-state index is -0.829. The standard InChI is InChI=1S/C11H19N5O3S/c1-15(2)7-9-3-4-10(19-9)8-20-6-5-13-11(12)14-16(17)18/h3-4H,5-8H2,1-2H3,(H3,12,13,14). The maximum Gasteiger partial charge on any atom is 0.266 e. The van der Waals surface area contributed by atoms with Crippen molar-refractivity contribution in [2.24, 2.45) is 10.8 Å². The molecule has 0 saturated heterocycles. The number of hydrogen-bond acceptors (Lipinski definition) is 5. The molecule has 0 unspecified atom stereocenters. The van der Waals surface area contributed by atoms with E-state index < -0.39 is 5.03 Å². The first kappa shape index (κ1) is 16.3. The Bertz CT molecular complexity index is 461. The molecule has 3 N–H and O–H groups in total. The molecule has 0 fully saturated rings. The molecule has 1 heterocycles. The van der Waals surface area contributed by atoms with Crippen LogP contribution in [-0.4, -0.2) is 42.3 Å². The van der Waals surface area contributed by atoms with Gasteiger partial charge in [0.05, 0.1) is 12.3 Å². The predicted octanol–water partition coefficient (Wildman–Crippen LogP) is 0.670. The SMILES string of the molecule is CN(C)Cc1ccc(CSCCNC(N)=N[N+](=O)[O-])o1. The largest absolute Gasteiger partial charge is 0.464 e. The third-order valence-electron chi connectivity index (χ3n) is 2.18. The van der Waals surface area contributed by atoms with Crippen LogP contribution in [0.5, 0.6) is 0 Å². The van der Waals surface area contributed by atoms with Gasteiger partial charge in [-0.3, -0.25) is 0 Å². The van der Waals surface area contributed by atoms with Crippen LogP contribution in [-0.2, 0) is 12.3 Å². The summed E-state index contributed by atoms with van der Waals surface area (Å²) < 4.78 is 5.65. The Hall–Kier alpha value is -1.74. The van der Waals surface area contributed by atoms with E-state index in [2.05, 4.69) is 10.4 Å². The van der Waals surface area contributed by atoms with E-state index >= 15 is 0 Å². The summed E-state index contributed by atoms with van der Waals surface area (Å²) in [5, 5.41) is 14.8. The molecule has 1 aromatic heterocycles. The summed E-state index contributed by atoms with van der Waals surface area (Å²) in [7, 11) is 3.97. The van der Waals surface area contributed by atoms with Crippen LogP contribution in [0.25, 0.3) is 0 Å². The van der Waals surface area contributed by atoms with E-state index in [1.54, 1.807) is 11.8 Å². The Morgan fingerprint density at radius 1 is 1.55 bits per heavy atom. The molecular formula is C11H19N5O3S. The molecule has 0 aliphatic carbocycles. The van der Waals surface area contributed by atoms with E-state index in [4.69, 9.17) is 10.2 Å². The molecule has 1 rings (SSSR count). The minimum absolute atomic E-state index is 0.179. The lowest BCUT2D eigenvalue weighted by Gasteiger charge is -2.05. The Kier molecular flexibility index (Phi) is 6.88. The van der Waals surface area contributed by atoms with Crippen molar-refractivity contribution in [1.82, 2.24) is 10.2 Å². The van der Waals surface area contributed by atoms with Crippen LogP contribution in [0, 0.1) is 10.1 Å². The topological polar surface area (TPSA) is 110 Å². The van der Waals surface area contributed by atoms with E-state index in [9.17, 15) is 10.1 Å². The van der Waals surface area contributed by atoms with Crippen LogP contribution in [0.15, 0.2) is 21.7 Å². The highest BCUT2D eigenvalue weighted by atomic mass is 32.2. The molecular weight excluding hydrogens is 282 g/mol. The van der Waals surface area contributed by atoms with Crippen molar-refractivity contribution in [2.75, 3.05) is 26.4 Å². The molecule has 0 aliphatic rings. The fourth-order valence-corrected chi connectivity index (χ4v) is 2.19. The van der Waals surface area contributed by atoms with Gasteiger partial charge in [-0.15, -0.1) is 0 Å². The smallest absolute Gasteiger partial charge is 0.266 e. The summed E-state index contributed by atoms with van der Waals surface area (Å²) in [4.78, 5) is 12.1. The lowest BCUT2D eigenvalue weighted by atomic mass is 10.4. The summed E-state index contributed by atoms with van der Waals surface area (Å²) in [5.74, 6) is 3.17. The molecule has 0 aromatic carbocycles. The Morgan fingerprint density at radius 2 is 2.25 bits per heavy atom. The van der Waals surface area contributed by atoms with Crippen molar-refractivity contribution in [2.45, 2.75) is 12.3 Å². The first-order valence-corrected chi connectivity index (χ1v) is 7.15. The molecule has 112 valence electrons. The van der Waals surface area contributed by atoms with Gasteiger partial charge in [0.2, 0.25) is 0 Å². The van der Waals surface area contributed by atoms with Gasteiger partial charge in [-0.1, -0.05) is 0 Å². The highest BCUT2D eigenvalue weighted by Gasteiger charge is 2.03.